The number of nitrogens with one attached hydrogen (secondary N) is 2. The molecule has 2 aromatic rings. The van der Waals surface area contributed by atoms with E-state index in [1.54, 1.807) is 0 Å². The number of aromatic carboxylic acids is 1. The molecule has 3 N–H and O–H groups in total. The first-order valence-electron chi connectivity index (χ1n) is 5.18. The monoisotopic (exact) mass is 318 g/mol. The highest BCUT2D eigenvalue weighted by atomic mass is 35.5. The van der Waals surface area contributed by atoms with Crippen molar-refractivity contribution in [3.63, 3.8) is 0 Å². The van der Waals surface area contributed by atoms with Crippen LogP contribution < -0.4 is 4.72 Å². The van der Waals surface area contributed by atoms with Gasteiger partial charge >= 0.3 is 5.97 Å². The van der Waals surface area contributed by atoms with Crippen molar-refractivity contribution in [3.8, 4) is 0 Å². The van der Waals surface area contributed by atoms with E-state index >= 15 is 0 Å². The van der Waals surface area contributed by atoms with Crippen LogP contribution in [0.3, 0.4) is 0 Å². The summed E-state index contributed by atoms with van der Waals surface area (Å²) in [5, 5.41) is 8.74. The molecule has 1 heterocycles. The fraction of sp³-hybridized carbons (Fsp3) is 0. The van der Waals surface area contributed by atoms with E-state index in [0.29, 0.717) is 0 Å². The van der Waals surface area contributed by atoms with E-state index in [1.807, 2.05) is 0 Å². The zero-order chi connectivity index (χ0) is 14.9. The van der Waals surface area contributed by atoms with Gasteiger partial charge in [-0.1, -0.05) is 11.6 Å². The number of sulfonamides is 1. The Labute approximate surface area is 118 Å². The Bertz CT molecular complexity index is 752. The predicted molar refractivity (Wildman–Crippen MR) is 70.0 cm³/mol. The third kappa shape index (κ3) is 3.09. The fourth-order valence-corrected chi connectivity index (χ4v) is 2.73. The molecule has 0 radical (unpaired) electrons. The highest BCUT2D eigenvalue weighted by Gasteiger charge is 2.18. The number of aromatic amines is 1. The Morgan fingerprint density at radius 1 is 1.30 bits per heavy atom. The van der Waals surface area contributed by atoms with E-state index in [2.05, 4.69) is 9.71 Å². The van der Waals surface area contributed by atoms with Gasteiger partial charge in [0, 0.05) is 11.2 Å². The average Bonchev–Trinajstić information content (AvgIpc) is 2.76. The number of hydrogen-bond acceptors (Lipinski definition) is 3. The second kappa shape index (κ2) is 5.14. The van der Waals surface area contributed by atoms with Crippen LogP contribution in [-0.2, 0) is 10.0 Å². The second-order valence-corrected chi connectivity index (χ2v) is 5.94. The van der Waals surface area contributed by atoms with Crippen molar-refractivity contribution in [1.29, 1.82) is 0 Å². The van der Waals surface area contributed by atoms with Crippen molar-refractivity contribution < 1.29 is 22.7 Å². The highest BCUT2D eigenvalue weighted by Crippen LogP contribution is 2.21. The summed E-state index contributed by atoms with van der Waals surface area (Å²) in [4.78, 5) is 12.7. The normalized spacial score (nSPS) is 11.3. The van der Waals surface area contributed by atoms with E-state index in [4.69, 9.17) is 16.7 Å². The Balaban J connectivity index is 2.32. The summed E-state index contributed by atoms with van der Waals surface area (Å²) in [6.45, 7) is 0. The van der Waals surface area contributed by atoms with Crippen molar-refractivity contribution in [2.45, 2.75) is 4.90 Å². The van der Waals surface area contributed by atoms with Crippen molar-refractivity contribution in [1.82, 2.24) is 4.98 Å². The summed E-state index contributed by atoms with van der Waals surface area (Å²) < 4.78 is 39.2. The van der Waals surface area contributed by atoms with E-state index in [-0.39, 0.29) is 21.3 Å². The van der Waals surface area contributed by atoms with Gasteiger partial charge in [0.25, 0.3) is 10.0 Å². The molecule has 0 atom stereocenters. The third-order valence-electron chi connectivity index (χ3n) is 2.31. The van der Waals surface area contributed by atoms with E-state index < -0.39 is 21.8 Å². The van der Waals surface area contributed by atoms with Gasteiger partial charge < -0.3 is 10.1 Å². The Hall–Kier alpha value is -2.06. The molecule has 1 aromatic heterocycles. The standard InChI is InChI=1S/C11H8ClFN2O4S/c12-6-1-7(13)3-8(2-6)15-20(18,19)9-4-10(11(16)17)14-5-9/h1-5,14-15H,(H,16,17). The number of carbonyl (C=O) groups is 1. The lowest BCUT2D eigenvalue weighted by molar-refractivity contribution is 0.0691. The second-order valence-electron chi connectivity index (χ2n) is 3.82. The van der Waals surface area contributed by atoms with Crippen LogP contribution in [-0.4, -0.2) is 24.5 Å². The van der Waals surface area contributed by atoms with Gasteiger partial charge in [-0.2, -0.15) is 0 Å². The van der Waals surface area contributed by atoms with Gasteiger partial charge in [0.15, 0.2) is 0 Å². The minimum atomic E-state index is -4.03. The van der Waals surface area contributed by atoms with Crippen LogP contribution in [0, 0.1) is 5.82 Å². The summed E-state index contributed by atoms with van der Waals surface area (Å²) in [6.07, 6.45) is 1.02. The zero-order valence-electron chi connectivity index (χ0n) is 9.72. The van der Waals surface area contributed by atoms with Crippen LogP contribution in [0.5, 0.6) is 0 Å². The molecule has 6 nitrogen and oxygen atoms in total. The molecule has 0 spiro atoms. The van der Waals surface area contributed by atoms with Crippen molar-refractivity contribution >= 4 is 33.3 Å². The molecule has 0 fully saturated rings. The van der Waals surface area contributed by atoms with E-state index in [1.165, 1.54) is 6.07 Å². The number of carboxylic acid groups (broad SMARTS) is 1. The molecule has 0 unspecified atom stereocenters. The lowest BCUT2D eigenvalue weighted by atomic mass is 10.3. The first kappa shape index (κ1) is 14.4. The fourth-order valence-electron chi connectivity index (χ4n) is 1.48. The van der Waals surface area contributed by atoms with Gasteiger partial charge in [-0.3, -0.25) is 4.72 Å². The van der Waals surface area contributed by atoms with Crippen LogP contribution in [0.1, 0.15) is 10.5 Å². The van der Waals surface area contributed by atoms with Crippen molar-refractivity contribution in [2.24, 2.45) is 0 Å². The molecule has 0 aliphatic rings. The van der Waals surface area contributed by atoms with E-state index in [9.17, 15) is 17.6 Å². The molecule has 1 aromatic carbocycles. The Kier molecular flexibility index (Phi) is 3.69. The number of anilines is 1. The number of rotatable bonds is 4. The first-order chi connectivity index (χ1) is 9.28. The first-order valence-corrected chi connectivity index (χ1v) is 7.05. The molecule has 0 amide bonds. The van der Waals surface area contributed by atoms with Crippen LogP contribution in [0.2, 0.25) is 5.02 Å². The zero-order valence-corrected chi connectivity index (χ0v) is 11.3. The molecular weight excluding hydrogens is 311 g/mol. The highest BCUT2D eigenvalue weighted by molar-refractivity contribution is 7.92. The largest absolute Gasteiger partial charge is 0.477 e. The molecule has 0 aliphatic carbocycles. The molecule has 20 heavy (non-hydrogen) atoms. The summed E-state index contributed by atoms with van der Waals surface area (Å²) in [6, 6.07) is 4.16. The number of hydrogen-bond donors (Lipinski definition) is 3. The number of benzene rings is 1. The van der Waals surface area contributed by atoms with Crippen LogP contribution >= 0.6 is 11.6 Å². The topological polar surface area (TPSA) is 99.3 Å². The molecular formula is C11H8ClFN2O4S. The number of halogens is 2. The summed E-state index contributed by atoms with van der Waals surface area (Å²) >= 11 is 5.61. The van der Waals surface area contributed by atoms with E-state index in [0.717, 1.165) is 24.4 Å². The maximum atomic E-state index is 13.1. The van der Waals surface area contributed by atoms with Crippen LogP contribution in [0.25, 0.3) is 0 Å². The van der Waals surface area contributed by atoms with Crippen molar-refractivity contribution in [3.05, 3.63) is 47.0 Å². The summed E-state index contributed by atoms with van der Waals surface area (Å²) in [5.41, 5.74) is -0.337. The number of aromatic nitrogens is 1. The van der Waals surface area contributed by atoms with Gasteiger partial charge in [0.2, 0.25) is 0 Å². The Morgan fingerprint density at radius 2 is 2.00 bits per heavy atom. The van der Waals surface area contributed by atoms with Gasteiger partial charge in [0.1, 0.15) is 16.4 Å². The maximum absolute atomic E-state index is 13.1. The quantitative estimate of drug-likeness (QED) is 0.805. The summed E-state index contributed by atoms with van der Waals surface area (Å²) in [5.74, 6) is -1.99. The number of H-pyrrole nitrogens is 1. The minimum Gasteiger partial charge on any atom is -0.477 e. The molecule has 0 saturated heterocycles. The summed E-state index contributed by atoms with van der Waals surface area (Å²) in [7, 11) is -4.03. The van der Waals surface area contributed by atoms with Gasteiger partial charge in [-0.15, -0.1) is 0 Å². The van der Waals surface area contributed by atoms with Gasteiger partial charge in [-0.25, -0.2) is 17.6 Å². The molecule has 2 rings (SSSR count). The minimum absolute atomic E-state index is 0.0305. The predicted octanol–water partition coefficient (Wildman–Crippen LogP) is 2.31. The smallest absolute Gasteiger partial charge is 0.352 e. The molecule has 9 heteroatoms. The number of carboxylic acids is 1. The SMILES string of the molecule is O=C(O)c1cc(S(=O)(=O)Nc2cc(F)cc(Cl)c2)c[nH]1. The molecule has 106 valence electrons. The Morgan fingerprint density at radius 3 is 2.55 bits per heavy atom. The molecule has 0 aliphatic heterocycles. The maximum Gasteiger partial charge on any atom is 0.352 e. The lowest BCUT2D eigenvalue weighted by Gasteiger charge is -2.06. The van der Waals surface area contributed by atoms with Gasteiger partial charge in [-0.05, 0) is 24.3 Å². The van der Waals surface area contributed by atoms with Crippen LogP contribution in [0.4, 0.5) is 10.1 Å². The average molecular weight is 319 g/mol. The van der Waals surface area contributed by atoms with Gasteiger partial charge in [0.05, 0.1) is 5.69 Å². The third-order valence-corrected chi connectivity index (χ3v) is 3.89. The van der Waals surface area contributed by atoms with Crippen LogP contribution in [0.15, 0.2) is 35.4 Å². The molecule has 0 saturated carbocycles. The lowest BCUT2D eigenvalue weighted by Crippen LogP contribution is -2.12. The molecule has 0 bridgehead atoms. The van der Waals surface area contributed by atoms with Crippen molar-refractivity contribution in [2.75, 3.05) is 4.72 Å².